The van der Waals surface area contributed by atoms with Gasteiger partial charge >= 0.3 is 0 Å². The minimum absolute atomic E-state index is 0.851. The molecule has 0 aliphatic rings. The normalized spacial score (nSPS) is 9.94. The number of hydrogen-bond acceptors (Lipinski definition) is 2. The maximum Gasteiger partial charge on any atom is 0.177 e. The van der Waals surface area contributed by atoms with Crippen molar-refractivity contribution in [1.82, 2.24) is 14.5 Å². The molecule has 0 atom stereocenters. The Kier molecular flexibility index (Phi) is 5.54. The van der Waals surface area contributed by atoms with Crippen LogP contribution in [0.25, 0.3) is 11.2 Å². The number of nitrogens with zero attached hydrogens (tertiary/aromatic N) is 3. The number of fused-ring (bicyclic) bond motifs is 1. The van der Waals surface area contributed by atoms with Crippen LogP contribution in [0.4, 0.5) is 0 Å². The minimum atomic E-state index is 0.851. The van der Waals surface area contributed by atoms with E-state index in [2.05, 4.69) is 27.5 Å². The van der Waals surface area contributed by atoms with E-state index in [9.17, 15) is 0 Å². The number of pyridine rings is 1. The van der Waals surface area contributed by atoms with Gasteiger partial charge in [-0.2, -0.15) is 0 Å². The second-order valence-electron chi connectivity index (χ2n) is 3.49. The molecule has 0 saturated heterocycles. The molecule has 0 fully saturated rings. The second-order valence-corrected chi connectivity index (χ2v) is 3.49. The molecular weight excluding hydrogens is 198 g/mol. The fourth-order valence-electron chi connectivity index (χ4n) is 1.61. The van der Waals surface area contributed by atoms with Crippen molar-refractivity contribution in [2.75, 3.05) is 0 Å². The van der Waals surface area contributed by atoms with E-state index in [0.29, 0.717) is 0 Å². The Morgan fingerprint density at radius 1 is 1.19 bits per heavy atom. The molecule has 2 heterocycles. The maximum absolute atomic E-state index is 4.25. The Hall–Kier alpha value is -1.38. The fraction of sp³-hybridized carbons (Fsp3) is 0.538. The number of imidazole rings is 1. The van der Waals surface area contributed by atoms with E-state index < -0.39 is 0 Å². The van der Waals surface area contributed by atoms with Crippen molar-refractivity contribution in [3.8, 4) is 0 Å². The molecule has 16 heavy (non-hydrogen) atoms. The lowest BCUT2D eigenvalue weighted by Gasteiger charge is -2.02. The van der Waals surface area contributed by atoms with E-state index in [4.69, 9.17) is 0 Å². The summed E-state index contributed by atoms with van der Waals surface area (Å²) in [5.41, 5.74) is 1.99. The lowest BCUT2D eigenvalue weighted by Crippen LogP contribution is -1.95. The summed E-state index contributed by atoms with van der Waals surface area (Å²) in [5.74, 6) is 0. The molecule has 3 nitrogen and oxygen atoms in total. The molecule has 0 aliphatic heterocycles. The number of hydrogen-bond donors (Lipinski definition) is 0. The van der Waals surface area contributed by atoms with Crippen molar-refractivity contribution in [2.45, 2.75) is 46.6 Å². The minimum Gasteiger partial charge on any atom is -0.329 e. The fourth-order valence-corrected chi connectivity index (χ4v) is 1.61. The van der Waals surface area contributed by atoms with Crippen LogP contribution in [-0.2, 0) is 6.54 Å². The Balaban J connectivity index is 0.000000606. The third kappa shape index (κ3) is 3.05. The van der Waals surface area contributed by atoms with Gasteiger partial charge in [0.2, 0.25) is 0 Å². The van der Waals surface area contributed by atoms with E-state index in [1.165, 1.54) is 19.3 Å². The van der Waals surface area contributed by atoms with Gasteiger partial charge in [0.15, 0.2) is 5.65 Å². The molecule has 0 radical (unpaired) electrons. The number of aryl methyl sites for hydroxylation is 1. The molecule has 3 heteroatoms. The molecule has 0 aliphatic carbocycles. The maximum atomic E-state index is 4.25. The highest BCUT2D eigenvalue weighted by Gasteiger charge is 2.00. The SMILES string of the molecule is CC.CCCCCn1cnc2ncccc21. The predicted octanol–water partition coefficient (Wildman–Crippen LogP) is 3.65. The van der Waals surface area contributed by atoms with Crippen molar-refractivity contribution in [2.24, 2.45) is 0 Å². The van der Waals surface area contributed by atoms with E-state index in [-0.39, 0.29) is 0 Å². The third-order valence-corrected chi connectivity index (χ3v) is 2.40. The zero-order valence-corrected chi connectivity index (χ0v) is 10.5. The highest BCUT2D eigenvalue weighted by molar-refractivity contribution is 5.70. The summed E-state index contributed by atoms with van der Waals surface area (Å²) in [6, 6.07) is 4.03. The van der Waals surface area contributed by atoms with Crippen LogP contribution in [0, 0.1) is 0 Å². The summed E-state index contributed by atoms with van der Waals surface area (Å²) in [6.45, 7) is 7.27. The Labute approximate surface area is 97.5 Å². The van der Waals surface area contributed by atoms with Gasteiger partial charge in [-0.3, -0.25) is 0 Å². The van der Waals surface area contributed by atoms with Crippen LogP contribution in [0.15, 0.2) is 24.7 Å². The van der Waals surface area contributed by atoms with E-state index in [0.717, 1.165) is 17.7 Å². The van der Waals surface area contributed by atoms with Crippen LogP contribution in [-0.4, -0.2) is 14.5 Å². The van der Waals surface area contributed by atoms with Crippen molar-refractivity contribution >= 4 is 11.2 Å². The summed E-state index contributed by atoms with van der Waals surface area (Å²) >= 11 is 0. The first-order chi connectivity index (χ1) is 7.92. The van der Waals surface area contributed by atoms with Crippen LogP contribution in [0.5, 0.6) is 0 Å². The Morgan fingerprint density at radius 3 is 2.75 bits per heavy atom. The standard InChI is InChI=1S/C11H15N3.C2H6/c1-2-3-4-8-14-9-13-11-10(14)6-5-7-12-11;1-2/h5-7,9H,2-4,8H2,1H3;1-2H3. The van der Waals surface area contributed by atoms with E-state index >= 15 is 0 Å². The smallest absolute Gasteiger partial charge is 0.177 e. The molecule has 0 unspecified atom stereocenters. The van der Waals surface area contributed by atoms with Gasteiger partial charge in [0.1, 0.15) is 0 Å². The molecular formula is C13H21N3. The van der Waals surface area contributed by atoms with Gasteiger partial charge in [0.05, 0.1) is 11.8 Å². The van der Waals surface area contributed by atoms with E-state index in [1.54, 1.807) is 6.20 Å². The molecule has 2 aromatic heterocycles. The van der Waals surface area contributed by atoms with Crippen molar-refractivity contribution in [3.05, 3.63) is 24.7 Å². The molecule has 0 bridgehead atoms. The van der Waals surface area contributed by atoms with E-state index in [1.807, 2.05) is 26.2 Å². The van der Waals surface area contributed by atoms with Crippen LogP contribution in [0.1, 0.15) is 40.0 Å². The van der Waals surface area contributed by atoms with Gasteiger partial charge in [0, 0.05) is 12.7 Å². The van der Waals surface area contributed by atoms with Crippen molar-refractivity contribution < 1.29 is 0 Å². The van der Waals surface area contributed by atoms with Crippen molar-refractivity contribution in [3.63, 3.8) is 0 Å². The highest BCUT2D eigenvalue weighted by Crippen LogP contribution is 2.10. The summed E-state index contributed by atoms with van der Waals surface area (Å²) in [5, 5.41) is 0. The first-order valence-electron chi connectivity index (χ1n) is 6.17. The topological polar surface area (TPSA) is 30.7 Å². The molecule has 2 rings (SSSR count). The third-order valence-electron chi connectivity index (χ3n) is 2.40. The van der Waals surface area contributed by atoms with Crippen LogP contribution in [0.3, 0.4) is 0 Å². The molecule has 0 saturated carbocycles. The monoisotopic (exact) mass is 219 g/mol. The first kappa shape index (κ1) is 12.7. The number of aromatic nitrogens is 3. The quantitative estimate of drug-likeness (QED) is 0.735. The summed E-state index contributed by atoms with van der Waals surface area (Å²) < 4.78 is 2.18. The molecule has 2 aromatic rings. The van der Waals surface area contributed by atoms with Crippen LogP contribution >= 0.6 is 0 Å². The van der Waals surface area contributed by atoms with Gasteiger partial charge in [0.25, 0.3) is 0 Å². The van der Waals surface area contributed by atoms with Gasteiger partial charge in [-0.05, 0) is 18.6 Å². The molecule has 88 valence electrons. The van der Waals surface area contributed by atoms with Crippen LogP contribution < -0.4 is 0 Å². The molecule has 0 amide bonds. The van der Waals surface area contributed by atoms with Gasteiger partial charge in [-0.1, -0.05) is 33.6 Å². The van der Waals surface area contributed by atoms with Gasteiger partial charge < -0.3 is 4.57 Å². The highest BCUT2D eigenvalue weighted by atomic mass is 15.1. The summed E-state index contributed by atoms with van der Waals surface area (Å²) in [4.78, 5) is 8.45. The average Bonchev–Trinajstić information content (AvgIpc) is 2.76. The second kappa shape index (κ2) is 6.99. The zero-order chi connectivity index (χ0) is 11.8. The first-order valence-corrected chi connectivity index (χ1v) is 6.17. The predicted molar refractivity (Wildman–Crippen MR) is 68.4 cm³/mol. The number of unbranched alkanes of at least 4 members (excludes halogenated alkanes) is 2. The number of rotatable bonds is 4. The lowest BCUT2D eigenvalue weighted by molar-refractivity contribution is 0.613. The molecule has 0 spiro atoms. The summed E-state index contributed by atoms with van der Waals surface area (Å²) in [6.07, 6.45) is 7.42. The average molecular weight is 219 g/mol. The molecule has 0 N–H and O–H groups in total. The Bertz CT molecular complexity index is 406. The van der Waals surface area contributed by atoms with Gasteiger partial charge in [-0.25, -0.2) is 9.97 Å². The van der Waals surface area contributed by atoms with Gasteiger partial charge in [-0.15, -0.1) is 0 Å². The zero-order valence-electron chi connectivity index (χ0n) is 10.5. The van der Waals surface area contributed by atoms with Crippen molar-refractivity contribution in [1.29, 1.82) is 0 Å². The largest absolute Gasteiger partial charge is 0.329 e. The Morgan fingerprint density at radius 2 is 2.00 bits per heavy atom. The molecule has 0 aromatic carbocycles. The summed E-state index contributed by atoms with van der Waals surface area (Å²) in [7, 11) is 0. The lowest BCUT2D eigenvalue weighted by atomic mass is 10.2. The van der Waals surface area contributed by atoms with Crippen LogP contribution in [0.2, 0.25) is 0 Å².